The molecule has 2 aromatic carbocycles. The molecule has 2 N–H and O–H groups in total. The van der Waals surface area contributed by atoms with Gasteiger partial charge in [-0.15, -0.1) is 11.3 Å². The molecule has 0 saturated carbocycles. The minimum atomic E-state index is -0.110. The van der Waals surface area contributed by atoms with Crippen molar-refractivity contribution in [3.63, 3.8) is 0 Å². The van der Waals surface area contributed by atoms with Gasteiger partial charge in [0, 0.05) is 30.1 Å². The molecule has 1 aromatic heterocycles. The van der Waals surface area contributed by atoms with Gasteiger partial charge >= 0.3 is 0 Å². The number of aryl methyl sites for hydroxylation is 1. The minimum absolute atomic E-state index is 0.0168. The number of aromatic nitrogens is 1. The molecule has 0 aliphatic rings. The Morgan fingerprint density at radius 2 is 1.89 bits per heavy atom. The Morgan fingerprint density at radius 3 is 2.68 bits per heavy atom. The summed E-state index contributed by atoms with van der Waals surface area (Å²) in [5.74, 6) is -0.127. The summed E-state index contributed by atoms with van der Waals surface area (Å²) in [5.41, 5.74) is 3.69. The summed E-state index contributed by atoms with van der Waals surface area (Å²) in [4.78, 5) is 27.9. The number of anilines is 1. The van der Waals surface area contributed by atoms with Crippen LogP contribution in [0.5, 0.6) is 0 Å². The van der Waals surface area contributed by atoms with Crippen molar-refractivity contribution in [1.82, 2.24) is 10.3 Å². The fourth-order valence-corrected chi connectivity index (χ4v) is 3.66. The van der Waals surface area contributed by atoms with E-state index in [1.54, 1.807) is 0 Å². The van der Waals surface area contributed by atoms with E-state index >= 15 is 0 Å². The summed E-state index contributed by atoms with van der Waals surface area (Å²) in [7, 11) is 0. The lowest BCUT2D eigenvalue weighted by Crippen LogP contribution is -2.26. The quantitative estimate of drug-likeness (QED) is 0.567. The van der Waals surface area contributed by atoms with E-state index in [0.717, 1.165) is 34.8 Å². The van der Waals surface area contributed by atoms with Crippen molar-refractivity contribution in [2.45, 2.75) is 26.2 Å². The molecule has 144 valence electrons. The molecule has 0 aliphatic carbocycles. The predicted molar refractivity (Wildman–Crippen MR) is 113 cm³/mol. The smallest absolute Gasteiger partial charge is 0.226 e. The maximum absolute atomic E-state index is 12.2. The lowest BCUT2D eigenvalue weighted by molar-refractivity contribution is -0.120. The van der Waals surface area contributed by atoms with Gasteiger partial charge in [0.2, 0.25) is 11.8 Å². The van der Waals surface area contributed by atoms with Crippen molar-refractivity contribution >= 4 is 28.8 Å². The van der Waals surface area contributed by atoms with Crippen LogP contribution in [0.4, 0.5) is 5.69 Å². The molecule has 0 atom stereocenters. The van der Waals surface area contributed by atoms with Gasteiger partial charge in [0.25, 0.3) is 0 Å². The van der Waals surface area contributed by atoms with E-state index in [1.165, 1.54) is 23.8 Å². The Balaban J connectivity index is 1.48. The molecule has 5 nitrogen and oxygen atoms in total. The van der Waals surface area contributed by atoms with Gasteiger partial charge in [-0.25, -0.2) is 4.98 Å². The standard InChI is InChI=1S/C22H23N3O2S/c1-16(26)24-19-11-5-10-18(13-19)22-25-20(15-28-22)14-21(27)23-12-6-9-17-7-3-2-4-8-17/h2-5,7-8,10-11,13,15H,6,9,12,14H2,1H3,(H,23,27)(H,24,26). The molecule has 6 heteroatoms. The Bertz CT molecular complexity index is 938. The molecule has 28 heavy (non-hydrogen) atoms. The fourth-order valence-electron chi connectivity index (χ4n) is 2.85. The Labute approximate surface area is 168 Å². The molecule has 0 unspecified atom stereocenters. The number of thiazole rings is 1. The highest BCUT2D eigenvalue weighted by Gasteiger charge is 2.09. The maximum atomic E-state index is 12.2. The molecular formula is C22H23N3O2S. The van der Waals surface area contributed by atoms with E-state index in [-0.39, 0.29) is 18.2 Å². The highest BCUT2D eigenvalue weighted by atomic mass is 32.1. The third-order valence-corrected chi connectivity index (χ3v) is 5.07. The fraction of sp³-hybridized carbons (Fsp3) is 0.227. The Kier molecular flexibility index (Phi) is 6.92. The van der Waals surface area contributed by atoms with Crippen molar-refractivity contribution < 1.29 is 9.59 Å². The third kappa shape index (κ3) is 6.03. The van der Waals surface area contributed by atoms with Crippen molar-refractivity contribution in [2.24, 2.45) is 0 Å². The summed E-state index contributed by atoms with van der Waals surface area (Å²) in [6.07, 6.45) is 2.13. The van der Waals surface area contributed by atoms with E-state index in [2.05, 4.69) is 27.8 Å². The average molecular weight is 394 g/mol. The molecule has 3 rings (SSSR count). The second-order valence-electron chi connectivity index (χ2n) is 6.52. The number of benzene rings is 2. The van der Waals surface area contributed by atoms with Crippen LogP contribution in [0.15, 0.2) is 60.0 Å². The summed E-state index contributed by atoms with van der Waals surface area (Å²) >= 11 is 1.49. The number of nitrogens with zero attached hydrogens (tertiary/aromatic N) is 1. The predicted octanol–water partition coefficient (Wildman–Crippen LogP) is 4.06. The van der Waals surface area contributed by atoms with Gasteiger partial charge < -0.3 is 10.6 Å². The highest BCUT2D eigenvalue weighted by Crippen LogP contribution is 2.26. The van der Waals surface area contributed by atoms with E-state index in [4.69, 9.17) is 0 Å². The molecule has 0 saturated heterocycles. The molecule has 0 fully saturated rings. The van der Waals surface area contributed by atoms with Crippen molar-refractivity contribution in [2.75, 3.05) is 11.9 Å². The van der Waals surface area contributed by atoms with Gasteiger partial charge in [0.15, 0.2) is 0 Å². The number of nitrogens with one attached hydrogen (secondary N) is 2. The van der Waals surface area contributed by atoms with E-state index in [1.807, 2.05) is 47.8 Å². The lowest BCUT2D eigenvalue weighted by atomic mass is 10.1. The zero-order valence-electron chi connectivity index (χ0n) is 15.8. The normalized spacial score (nSPS) is 10.5. The van der Waals surface area contributed by atoms with E-state index < -0.39 is 0 Å². The van der Waals surface area contributed by atoms with Crippen LogP contribution in [-0.2, 0) is 22.4 Å². The molecule has 0 bridgehead atoms. The van der Waals surface area contributed by atoms with Crippen LogP contribution in [0.2, 0.25) is 0 Å². The summed E-state index contributed by atoms with van der Waals surface area (Å²) in [5, 5.41) is 8.47. The van der Waals surface area contributed by atoms with Gasteiger partial charge in [0.1, 0.15) is 5.01 Å². The molecule has 1 heterocycles. The zero-order chi connectivity index (χ0) is 19.8. The Hall–Kier alpha value is -2.99. The number of carbonyl (C=O) groups is 2. The Morgan fingerprint density at radius 1 is 1.07 bits per heavy atom. The van der Waals surface area contributed by atoms with Crippen LogP contribution >= 0.6 is 11.3 Å². The monoisotopic (exact) mass is 393 g/mol. The first kappa shape index (κ1) is 19.8. The van der Waals surface area contributed by atoms with Crippen LogP contribution in [0.25, 0.3) is 10.6 Å². The molecule has 0 radical (unpaired) electrons. The summed E-state index contributed by atoms with van der Waals surface area (Å²) in [6.45, 7) is 2.14. The molecule has 0 aliphatic heterocycles. The summed E-state index contributed by atoms with van der Waals surface area (Å²) in [6, 6.07) is 17.8. The average Bonchev–Trinajstić information content (AvgIpc) is 3.14. The second kappa shape index (κ2) is 9.80. The SMILES string of the molecule is CC(=O)Nc1cccc(-c2nc(CC(=O)NCCCc3ccccc3)cs2)c1. The number of hydrogen-bond donors (Lipinski definition) is 2. The molecule has 2 amide bonds. The van der Waals surface area contributed by atoms with Crippen LogP contribution < -0.4 is 10.6 Å². The van der Waals surface area contributed by atoms with Crippen LogP contribution in [0.1, 0.15) is 24.6 Å². The van der Waals surface area contributed by atoms with Gasteiger partial charge in [-0.3, -0.25) is 9.59 Å². The number of amides is 2. The number of carbonyl (C=O) groups excluding carboxylic acids is 2. The molecule has 3 aromatic rings. The summed E-state index contributed by atoms with van der Waals surface area (Å²) < 4.78 is 0. The topological polar surface area (TPSA) is 71.1 Å². The van der Waals surface area contributed by atoms with Crippen molar-refractivity contribution in [1.29, 1.82) is 0 Å². The third-order valence-electron chi connectivity index (χ3n) is 4.13. The van der Waals surface area contributed by atoms with Gasteiger partial charge in [-0.1, -0.05) is 42.5 Å². The van der Waals surface area contributed by atoms with Crippen molar-refractivity contribution in [3.05, 3.63) is 71.2 Å². The highest BCUT2D eigenvalue weighted by molar-refractivity contribution is 7.13. The zero-order valence-corrected chi connectivity index (χ0v) is 16.6. The van der Waals surface area contributed by atoms with Crippen LogP contribution in [0, 0.1) is 0 Å². The maximum Gasteiger partial charge on any atom is 0.226 e. The molecule has 0 spiro atoms. The van der Waals surface area contributed by atoms with Crippen LogP contribution in [-0.4, -0.2) is 23.3 Å². The van der Waals surface area contributed by atoms with Gasteiger partial charge in [-0.2, -0.15) is 0 Å². The minimum Gasteiger partial charge on any atom is -0.356 e. The first-order valence-corrected chi connectivity index (χ1v) is 10.1. The lowest BCUT2D eigenvalue weighted by Gasteiger charge is -2.05. The first-order valence-electron chi connectivity index (χ1n) is 9.23. The number of rotatable bonds is 8. The second-order valence-corrected chi connectivity index (χ2v) is 7.38. The van der Waals surface area contributed by atoms with Crippen LogP contribution in [0.3, 0.4) is 0 Å². The van der Waals surface area contributed by atoms with E-state index in [0.29, 0.717) is 6.54 Å². The van der Waals surface area contributed by atoms with E-state index in [9.17, 15) is 9.59 Å². The molecular weight excluding hydrogens is 370 g/mol. The van der Waals surface area contributed by atoms with Gasteiger partial charge in [0.05, 0.1) is 12.1 Å². The van der Waals surface area contributed by atoms with Crippen molar-refractivity contribution in [3.8, 4) is 10.6 Å². The first-order chi connectivity index (χ1) is 13.6. The van der Waals surface area contributed by atoms with Gasteiger partial charge in [-0.05, 0) is 30.5 Å². The largest absolute Gasteiger partial charge is 0.356 e. The number of hydrogen-bond acceptors (Lipinski definition) is 4.